The summed E-state index contributed by atoms with van der Waals surface area (Å²) in [7, 11) is -3.68. The van der Waals surface area contributed by atoms with Gasteiger partial charge in [-0.25, -0.2) is 18.4 Å². The lowest BCUT2D eigenvalue weighted by Crippen LogP contribution is -2.30. The van der Waals surface area contributed by atoms with Crippen molar-refractivity contribution >= 4 is 44.6 Å². The molecule has 0 atom stereocenters. The van der Waals surface area contributed by atoms with Crippen LogP contribution in [0.1, 0.15) is 24.2 Å². The van der Waals surface area contributed by atoms with Gasteiger partial charge in [-0.3, -0.25) is 35.9 Å². The van der Waals surface area contributed by atoms with Crippen molar-refractivity contribution in [2.45, 2.75) is 18.7 Å². The second kappa shape index (κ2) is 11.4. The maximum atomic E-state index is 12.7. The molecule has 3 rings (SSSR count). The van der Waals surface area contributed by atoms with Crippen molar-refractivity contribution in [3.8, 4) is 0 Å². The minimum Gasteiger partial charge on any atom is -0.334 e. The van der Waals surface area contributed by atoms with Gasteiger partial charge in [-0.05, 0) is 36.4 Å². The molecule has 0 spiro atoms. The summed E-state index contributed by atoms with van der Waals surface area (Å²) >= 11 is 0. The summed E-state index contributed by atoms with van der Waals surface area (Å²) in [4.78, 5) is 41.2. The second-order valence-corrected chi connectivity index (χ2v) is 9.24. The number of anilines is 3. The second-order valence-electron chi connectivity index (χ2n) is 7.30. The van der Waals surface area contributed by atoms with Crippen LogP contribution < -0.4 is 16.2 Å². The Morgan fingerprint density at radius 3 is 2.05 bits per heavy atom. The normalized spacial score (nSPS) is 11.1. The van der Waals surface area contributed by atoms with Gasteiger partial charge in [0.05, 0.1) is 14.7 Å². The zero-order valence-corrected chi connectivity index (χ0v) is 20.4. The van der Waals surface area contributed by atoms with Crippen molar-refractivity contribution in [2.75, 3.05) is 23.8 Å². The molecule has 37 heavy (non-hydrogen) atoms. The molecule has 0 aliphatic carbocycles. The van der Waals surface area contributed by atoms with Crippen molar-refractivity contribution in [3.05, 3.63) is 80.7 Å². The van der Waals surface area contributed by atoms with Crippen molar-refractivity contribution in [1.29, 1.82) is 0 Å². The van der Waals surface area contributed by atoms with Crippen LogP contribution in [0.4, 0.5) is 28.7 Å². The molecule has 0 saturated carbocycles. The van der Waals surface area contributed by atoms with Crippen LogP contribution in [-0.2, 0) is 10.0 Å². The van der Waals surface area contributed by atoms with Crippen molar-refractivity contribution < 1.29 is 23.1 Å². The van der Waals surface area contributed by atoms with Gasteiger partial charge in [-0.15, -0.1) is 0 Å². The van der Waals surface area contributed by atoms with E-state index in [0.29, 0.717) is 18.8 Å². The number of sulfonamides is 1. The third-order valence-electron chi connectivity index (χ3n) is 5.10. The molecular weight excluding hydrogens is 508 g/mol. The Bertz CT molecular complexity index is 1410. The number of nitrogens with zero attached hydrogens (tertiary/aromatic N) is 5. The van der Waals surface area contributed by atoms with E-state index in [1.54, 1.807) is 13.8 Å². The van der Waals surface area contributed by atoms with Crippen molar-refractivity contribution in [3.63, 3.8) is 0 Å². The van der Waals surface area contributed by atoms with E-state index in [2.05, 4.69) is 26.1 Å². The monoisotopic (exact) mass is 530 g/mol. The molecule has 0 saturated heterocycles. The van der Waals surface area contributed by atoms with E-state index in [9.17, 15) is 33.4 Å². The molecule has 194 valence electrons. The molecule has 1 heterocycles. The number of hydrogen-bond donors (Lipinski definition) is 3. The van der Waals surface area contributed by atoms with Gasteiger partial charge in [-0.1, -0.05) is 13.8 Å². The predicted octanol–water partition coefficient (Wildman–Crippen LogP) is 2.82. The largest absolute Gasteiger partial charge is 0.355 e. The fourth-order valence-corrected chi connectivity index (χ4v) is 4.67. The summed E-state index contributed by atoms with van der Waals surface area (Å²) < 4.78 is 26.6. The average molecular weight is 531 g/mol. The lowest BCUT2D eigenvalue weighted by molar-refractivity contribution is -0.384. The van der Waals surface area contributed by atoms with Crippen LogP contribution in [0, 0.1) is 20.2 Å². The summed E-state index contributed by atoms with van der Waals surface area (Å²) in [5, 5.41) is 25.3. The number of non-ortho nitro benzene ring substituents is 1. The number of nitrogens with one attached hydrogen (secondary N) is 3. The standard InChI is InChI=1S/C21H22N8O7S/c1-3-27(4-2)37(35,36)17-11-7-15(8-12-17)24-19-18(29(33)34)20(23-13-22-19)25-26-21(30)14-5-9-16(10-6-14)28(31)32/h5-13H,3-4H2,1-2H3,(H,26,30)(H2,22,23,24,25). The Labute approximate surface area is 210 Å². The first-order valence-corrected chi connectivity index (χ1v) is 12.2. The van der Waals surface area contributed by atoms with E-state index in [4.69, 9.17) is 0 Å². The Morgan fingerprint density at radius 2 is 1.51 bits per heavy atom. The maximum Gasteiger partial charge on any atom is 0.355 e. The maximum absolute atomic E-state index is 12.7. The zero-order valence-electron chi connectivity index (χ0n) is 19.6. The lowest BCUT2D eigenvalue weighted by Gasteiger charge is -2.18. The first-order chi connectivity index (χ1) is 17.6. The van der Waals surface area contributed by atoms with Crippen molar-refractivity contribution in [1.82, 2.24) is 19.7 Å². The quantitative estimate of drug-likeness (QED) is 0.243. The summed E-state index contributed by atoms with van der Waals surface area (Å²) in [5.41, 5.74) is 4.19. The zero-order chi connectivity index (χ0) is 27.2. The van der Waals surface area contributed by atoms with Gasteiger partial charge >= 0.3 is 5.69 Å². The molecule has 1 amide bonds. The first-order valence-electron chi connectivity index (χ1n) is 10.8. The number of carbonyl (C=O) groups excluding carboxylic acids is 1. The summed E-state index contributed by atoms with van der Waals surface area (Å²) in [5.74, 6) is -1.27. The molecule has 0 unspecified atom stereocenters. The highest BCUT2D eigenvalue weighted by Gasteiger charge is 2.25. The molecule has 3 aromatic rings. The van der Waals surface area contributed by atoms with Crippen LogP contribution in [0.3, 0.4) is 0 Å². The van der Waals surface area contributed by atoms with Gasteiger partial charge in [-0.2, -0.15) is 4.31 Å². The van der Waals surface area contributed by atoms with Gasteiger partial charge in [0, 0.05) is 36.5 Å². The topological polar surface area (TPSA) is 203 Å². The summed E-state index contributed by atoms with van der Waals surface area (Å²) in [6.07, 6.45) is 1.02. The number of hydrazine groups is 1. The Balaban J connectivity index is 1.79. The highest BCUT2D eigenvalue weighted by Crippen LogP contribution is 2.31. The molecule has 16 heteroatoms. The molecule has 0 fully saturated rings. The summed E-state index contributed by atoms with van der Waals surface area (Å²) in [6, 6.07) is 10.3. The number of carbonyl (C=O) groups is 1. The number of nitro groups is 2. The third kappa shape index (κ3) is 6.11. The average Bonchev–Trinajstić information content (AvgIpc) is 2.88. The fourth-order valence-electron chi connectivity index (χ4n) is 3.22. The fraction of sp³-hybridized carbons (Fsp3) is 0.190. The van der Waals surface area contributed by atoms with Gasteiger partial charge < -0.3 is 5.32 Å². The minimum atomic E-state index is -3.68. The Morgan fingerprint density at radius 1 is 0.919 bits per heavy atom. The number of amides is 1. The first kappa shape index (κ1) is 26.9. The molecular formula is C21H22N8O7S. The SMILES string of the molecule is CCN(CC)S(=O)(=O)c1ccc(Nc2ncnc(NNC(=O)c3ccc([N+](=O)[O-])cc3)c2[N+](=O)[O-])cc1. The molecule has 3 N–H and O–H groups in total. The Hall–Kier alpha value is -4.70. The van der Waals surface area contributed by atoms with Crippen LogP contribution in [0.25, 0.3) is 0 Å². The molecule has 15 nitrogen and oxygen atoms in total. The number of aromatic nitrogens is 2. The minimum absolute atomic E-state index is 0.0629. The molecule has 0 aliphatic heterocycles. The van der Waals surface area contributed by atoms with Crippen molar-refractivity contribution in [2.24, 2.45) is 0 Å². The third-order valence-corrected chi connectivity index (χ3v) is 7.16. The van der Waals surface area contributed by atoms with E-state index in [1.165, 1.54) is 40.7 Å². The number of rotatable bonds is 11. The molecule has 0 bridgehead atoms. The van der Waals surface area contributed by atoms with Gasteiger partial charge in [0.25, 0.3) is 11.6 Å². The summed E-state index contributed by atoms with van der Waals surface area (Å²) in [6.45, 7) is 4.07. The van der Waals surface area contributed by atoms with Crippen LogP contribution in [0.15, 0.2) is 59.8 Å². The lowest BCUT2D eigenvalue weighted by atomic mass is 10.2. The molecule has 1 aromatic heterocycles. The number of benzene rings is 2. The highest BCUT2D eigenvalue weighted by atomic mass is 32.2. The van der Waals surface area contributed by atoms with E-state index in [-0.39, 0.29) is 27.8 Å². The van der Waals surface area contributed by atoms with Crippen LogP contribution >= 0.6 is 0 Å². The number of hydrogen-bond acceptors (Lipinski definition) is 11. The van der Waals surface area contributed by atoms with Gasteiger partial charge in [0.15, 0.2) is 0 Å². The smallest absolute Gasteiger partial charge is 0.334 e. The molecule has 2 aromatic carbocycles. The van der Waals surface area contributed by atoms with Crippen LogP contribution in [0.5, 0.6) is 0 Å². The van der Waals surface area contributed by atoms with Crippen LogP contribution in [0.2, 0.25) is 0 Å². The van der Waals surface area contributed by atoms with E-state index in [1.807, 2.05) is 0 Å². The van der Waals surface area contributed by atoms with Gasteiger partial charge in [0.1, 0.15) is 6.33 Å². The highest BCUT2D eigenvalue weighted by molar-refractivity contribution is 7.89. The van der Waals surface area contributed by atoms with Crippen LogP contribution in [-0.4, -0.2) is 51.5 Å². The molecule has 0 radical (unpaired) electrons. The van der Waals surface area contributed by atoms with Gasteiger partial charge in [0.2, 0.25) is 21.7 Å². The molecule has 0 aliphatic rings. The number of nitro benzene ring substituents is 1. The van der Waals surface area contributed by atoms with E-state index in [0.717, 1.165) is 18.5 Å². The Kier molecular flexibility index (Phi) is 8.26. The van der Waals surface area contributed by atoms with E-state index < -0.39 is 31.5 Å². The predicted molar refractivity (Wildman–Crippen MR) is 133 cm³/mol. The van der Waals surface area contributed by atoms with E-state index >= 15 is 0 Å².